The molecule has 94 valence electrons. The number of carbonyl (C=O) groups is 1. The standard InChI is InChI=1S/C12H14BrClO3/c1-16-11-6-8(10(15)4-3-5-14)9(13)7-12(11)17-2/h6-7H,3-5H2,1-2H3. The maximum absolute atomic E-state index is 11.9. The molecule has 0 aliphatic carbocycles. The van der Waals surface area contributed by atoms with Crippen LogP contribution < -0.4 is 9.47 Å². The van der Waals surface area contributed by atoms with Gasteiger partial charge in [-0.25, -0.2) is 0 Å². The first-order chi connectivity index (χ1) is 8.13. The van der Waals surface area contributed by atoms with Gasteiger partial charge >= 0.3 is 0 Å². The molecule has 0 aromatic heterocycles. The van der Waals surface area contributed by atoms with Crippen LogP contribution in [0.1, 0.15) is 23.2 Å². The van der Waals surface area contributed by atoms with E-state index in [9.17, 15) is 4.79 Å². The zero-order valence-corrected chi connectivity index (χ0v) is 12.1. The van der Waals surface area contributed by atoms with Crippen LogP contribution in [0, 0.1) is 0 Å². The number of benzene rings is 1. The zero-order chi connectivity index (χ0) is 12.8. The Bertz CT molecular complexity index is 407. The number of rotatable bonds is 6. The third kappa shape index (κ3) is 3.61. The van der Waals surface area contributed by atoms with Crippen molar-refractivity contribution in [1.82, 2.24) is 0 Å². The Balaban J connectivity index is 3.03. The SMILES string of the molecule is COc1cc(Br)c(C(=O)CCCCl)cc1OC. The van der Waals surface area contributed by atoms with Crippen molar-refractivity contribution in [3.05, 3.63) is 22.2 Å². The second-order valence-corrected chi connectivity index (χ2v) is 4.64. The van der Waals surface area contributed by atoms with E-state index in [4.69, 9.17) is 21.1 Å². The minimum absolute atomic E-state index is 0.0403. The first-order valence-corrected chi connectivity index (χ1v) is 6.47. The molecule has 0 saturated carbocycles. The van der Waals surface area contributed by atoms with Gasteiger partial charge in [0.05, 0.1) is 14.2 Å². The fourth-order valence-electron chi connectivity index (χ4n) is 1.43. The van der Waals surface area contributed by atoms with E-state index in [0.29, 0.717) is 40.3 Å². The Morgan fingerprint density at radius 1 is 1.29 bits per heavy atom. The minimum Gasteiger partial charge on any atom is -0.493 e. The van der Waals surface area contributed by atoms with Crippen molar-refractivity contribution in [3.8, 4) is 11.5 Å². The molecule has 0 N–H and O–H groups in total. The molecular formula is C12H14BrClO3. The van der Waals surface area contributed by atoms with Gasteiger partial charge in [0.25, 0.3) is 0 Å². The molecule has 1 aromatic rings. The lowest BCUT2D eigenvalue weighted by molar-refractivity contribution is 0.0981. The van der Waals surface area contributed by atoms with Crippen molar-refractivity contribution in [3.63, 3.8) is 0 Å². The first-order valence-electron chi connectivity index (χ1n) is 5.14. The summed E-state index contributed by atoms with van der Waals surface area (Å²) in [6.07, 6.45) is 1.10. The van der Waals surface area contributed by atoms with Crippen LogP contribution in [0.4, 0.5) is 0 Å². The number of hydrogen-bond acceptors (Lipinski definition) is 3. The quantitative estimate of drug-likeness (QED) is 0.592. The summed E-state index contributed by atoms with van der Waals surface area (Å²) in [5, 5.41) is 0. The van der Waals surface area contributed by atoms with E-state index in [1.807, 2.05) is 0 Å². The number of Topliss-reactive ketones (excluding diaryl/α,β-unsaturated/α-hetero) is 1. The number of alkyl halides is 1. The van der Waals surface area contributed by atoms with Crippen LogP contribution >= 0.6 is 27.5 Å². The van der Waals surface area contributed by atoms with Crippen LogP contribution in [0.15, 0.2) is 16.6 Å². The van der Waals surface area contributed by atoms with Crippen molar-refractivity contribution in [2.75, 3.05) is 20.1 Å². The normalized spacial score (nSPS) is 10.1. The lowest BCUT2D eigenvalue weighted by Crippen LogP contribution is -2.02. The molecule has 0 unspecified atom stereocenters. The Morgan fingerprint density at radius 2 is 1.88 bits per heavy atom. The summed E-state index contributed by atoms with van der Waals surface area (Å²) in [5.74, 6) is 1.66. The molecule has 0 heterocycles. The first kappa shape index (κ1) is 14.3. The van der Waals surface area contributed by atoms with Gasteiger partial charge in [-0.2, -0.15) is 0 Å². The minimum atomic E-state index is 0.0403. The summed E-state index contributed by atoms with van der Waals surface area (Å²) in [6, 6.07) is 3.41. The highest BCUT2D eigenvalue weighted by molar-refractivity contribution is 9.10. The van der Waals surface area contributed by atoms with Gasteiger partial charge in [0.1, 0.15) is 0 Å². The fourth-order valence-corrected chi connectivity index (χ4v) is 2.11. The highest BCUT2D eigenvalue weighted by Gasteiger charge is 2.14. The third-order valence-corrected chi connectivity index (χ3v) is 3.23. The largest absolute Gasteiger partial charge is 0.493 e. The molecule has 1 rings (SSSR count). The average Bonchev–Trinajstić information content (AvgIpc) is 2.35. The summed E-state index contributed by atoms with van der Waals surface area (Å²) < 4.78 is 11.0. The van der Waals surface area contributed by atoms with Crippen LogP contribution in [-0.2, 0) is 0 Å². The predicted molar refractivity (Wildman–Crippen MR) is 71.5 cm³/mol. The van der Waals surface area contributed by atoms with Crippen LogP contribution in [-0.4, -0.2) is 25.9 Å². The van der Waals surface area contributed by atoms with E-state index in [1.54, 1.807) is 26.4 Å². The summed E-state index contributed by atoms with van der Waals surface area (Å²) in [6.45, 7) is 0. The molecule has 0 bridgehead atoms. The van der Waals surface area contributed by atoms with E-state index in [-0.39, 0.29) is 5.78 Å². The number of ketones is 1. The highest BCUT2D eigenvalue weighted by atomic mass is 79.9. The molecule has 0 saturated heterocycles. The number of carbonyl (C=O) groups excluding carboxylic acids is 1. The summed E-state index contributed by atoms with van der Waals surface area (Å²) in [5.41, 5.74) is 0.591. The van der Waals surface area contributed by atoms with Crippen LogP contribution in [0.25, 0.3) is 0 Å². The molecule has 17 heavy (non-hydrogen) atoms. The lowest BCUT2D eigenvalue weighted by atomic mass is 10.1. The summed E-state index contributed by atoms with van der Waals surface area (Å²) >= 11 is 8.92. The smallest absolute Gasteiger partial charge is 0.164 e. The van der Waals surface area contributed by atoms with Gasteiger partial charge in [0.15, 0.2) is 17.3 Å². The number of ether oxygens (including phenoxy) is 2. The zero-order valence-electron chi connectivity index (χ0n) is 9.76. The maximum atomic E-state index is 11.9. The molecule has 0 atom stereocenters. The average molecular weight is 322 g/mol. The number of hydrogen-bond donors (Lipinski definition) is 0. The second kappa shape index (κ2) is 6.87. The summed E-state index contributed by atoms with van der Waals surface area (Å²) in [4.78, 5) is 11.9. The van der Waals surface area contributed by atoms with Gasteiger partial charge in [-0.15, -0.1) is 11.6 Å². The van der Waals surface area contributed by atoms with Gasteiger partial charge in [-0.1, -0.05) is 0 Å². The molecule has 5 heteroatoms. The molecule has 0 amide bonds. The monoisotopic (exact) mass is 320 g/mol. The topological polar surface area (TPSA) is 35.5 Å². The summed E-state index contributed by atoms with van der Waals surface area (Å²) in [7, 11) is 3.10. The highest BCUT2D eigenvalue weighted by Crippen LogP contribution is 2.33. The van der Waals surface area contributed by atoms with Crippen LogP contribution in [0.2, 0.25) is 0 Å². The molecule has 0 aliphatic heterocycles. The van der Waals surface area contributed by atoms with E-state index < -0.39 is 0 Å². The second-order valence-electron chi connectivity index (χ2n) is 3.40. The van der Waals surface area contributed by atoms with Crippen LogP contribution in [0.5, 0.6) is 11.5 Å². The van der Waals surface area contributed by atoms with Gasteiger partial charge < -0.3 is 9.47 Å². The van der Waals surface area contributed by atoms with Crippen molar-refractivity contribution in [2.24, 2.45) is 0 Å². The molecule has 0 fully saturated rings. The number of methoxy groups -OCH3 is 2. The Kier molecular flexibility index (Phi) is 5.78. The lowest BCUT2D eigenvalue weighted by Gasteiger charge is -2.11. The molecular weight excluding hydrogens is 307 g/mol. The van der Waals surface area contributed by atoms with Gasteiger partial charge in [0, 0.05) is 22.3 Å². The van der Waals surface area contributed by atoms with Gasteiger partial charge in [-0.3, -0.25) is 4.79 Å². The third-order valence-electron chi connectivity index (χ3n) is 2.31. The van der Waals surface area contributed by atoms with Crippen molar-refractivity contribution in [2.45, 2.75) is 12.8 Å². The van der Waals surface area contributed by atoms with Gasteiger partial charge in [-0.05, 0) is 34.5 Å². The molecule has 0 spiro atoms. The molecule has 0 aliphatic rings. The predicted octanol–water partition coefficient (Wildman–Crippen LogP) is 3.67. The van der Waals surface area contributed by atoms with Crippen molar-refractivity contribution >= 4 is 33.3 Å². The molecule has 1 aromatic carbocycles. The Hall–Kier alpha value is -0.740. The van der Waals surface area contributed by atoms with E-state index in [2.05, 4.69) is 15.9 Å². The Labute approximate surface area is 114 Å². The van der Waals surface area contributed by atoms with Crippen molar-refractivity contribution < 1.29 is 14.3 Å². The van der Waals surface area contributed by atoms with Crippen molar-refractivity contribution in [1.29, 1.82) is 0 Å². The number of halogens is 2. The Morgan fingerprint density at radius 3 is 2.41 bits per heavy atom. The molecule has 3 nitrogen and oxygen atoms in total. The van der Waals surface area contributed by atoms with E-state index in [1.165, 1.54) is 0 Å². The maximum Gasteiger partial charge on any atom is 0.164 e. The van der Waals surface area contributed by atoms with Gasteiger partial charge in [0.2, 0.25) is 0 Å². The van der Waals surface area contributed by atoms with E-state index >= 15 is 0 Å². The van der Waals surface area contributed by atoms with E-state index in [0.717, 1.165) is 0 Å². The fraction of sp³-hybridized carbons (Fsp3) is 0.417. The van der Waals surface area contributed by atoms with Crippen LogP contribution in [0.3, 0.4) is 0 Å². The molecule has 0 radical (unpaired) electrons.